The van der Waals surface area contributed by atoms with E-state index in [2.05, 4.69) is 4.98 Å². The first-order valence-electron chi connectivity index (χ1n) is 4.29. The van der Waals surface area contributed by atoms with Crippen LogP contribution in [0, 0.1) is 5.82 Å². The maximum Gasteiger partial charge on any atom is 0.123 e. The molecule has 0 fully saturated rings. The summed E-state index contributed by atoms with van der Waals surface area (Å²) >= 11 is 7.18. The molecule has 15 heavy (non-hydrogen) atoms. The van der Waals surface area contributed by atoms with Crippen LogP contribution >= 0.6 is 23.4 Å². The molecule has 0 bridgehead atoms. The molecule has 0 aliphatic carbocycles. The van der Waals surface area contributed by atoms with Crippen molar-refractivity contribution in [2.24, 2.45) is 0 Å². The fourth-order valence-corrected chi connectivity index (χ4v) is 1.91. The number of rotatable bonds is 2. The van der Waals surface area contributed by atoms with Crippen LogP contribution in [-0.4, -0.2) is 4.98 Å². The first kappa shape index (κ1) is 10.5. The molecule has 2 rings (SSSR count). The highest BCUT2D eigenvalue weighted by Crippen LogP contribution is 2.26. The van der Waals surface area contributed by atoms with Crippen molar-refractivity contribution < 1.29 is 4.39 Å². The highest BCUT2D eigenvalue weighted by molar-refractivity contribution is 7.99. The SMILES string of the molecule is Fc1ccc(Sc2ccc(Cl)cn2)cc1. The number of hydrogen-bond acceptors (Lipinski definition) is 2. The van der Waals surface area contributed by atoms with E-state index in [1.807, 2.05) is 6.07 Å². The molecule has 4 heteroatoms. The topological polar surface area (TPSA) is 12.9 Å². The molecule has 0 spiro atoms. The van der Waals surface area contributed by atoms with Gasteiger partial charge in [0.25, 0.3) is 0 Å². The Hall–Kier alpha value is -1.06. The highest BCUT2D eigenvalue weighted by Gasteiger charge is 1.98. The van der Waals surface area contributed by atoms with E-state index in [0.717, 1.165) is 9.92 Å². The number of pyridine rings is 1. The van der Waals surface area contributed by atoms with Crippen molar-refractivity contribution in [2.45, 2.75) is 9.92 Å². The van der Waals surface area contributed by atoms with Crippen molar-refractivity contribution in [2.75, 3.05) is 0 Å². The van der Waals surface area contributed by atoms with Gasteiger partial charge in [-0.3, -0.25) is 0 Å². The maximum atomic E-state index is 12.6. The third-order valence-corrected chi connectivity index (χ3v) is 2.92. The molecule has 0 aliphatic heterocycles. The lowest BCUT2D eigenvalue weighted by atomic mass is 10.4. The van der Waals surface area contributed by atoms with Crippen LogP contribution in [0.1, 0.15) is 0 Å². The van der Waals surface area contributed by atoms with Crippen LogP contribution in [-0.2, 0) is 0 Å². The second kappa shape index (κ2) is 4.64. The zero-order valence-corrected chi connectivity index (χ0v) is 9.23. The van der Waals surface area contributed by atoms with E-state index in [9.17, 15) is 4.39 Å². The van der Waals surface area contributed by atoms with Gasteiger partial charge in [0, 0.05) is 11.1 Å². The molecule has 0 amide bonds. The zero-order chi connectivity index (χ0) is 10.7. The van der Waals surface area contributed by atoms with Gasteiger partial charge >= 0.3 is 0 Å². The summed E-state index contributed by atoms with van der Waals surface area (Å²) in [4.78, 5) is 5.08. The number of benzene rings is 1. The fourth-order valence-electron chi connectivity index (χ4n) is 1.05. The van der Waals surface area contributed by atoms with Crippen molar-refractivity contribution in [3.05, 3.63) is 53.4 Å². The standard InChI is InChI=1S/C11H7ClFNS/c12-8-1-6-11(14-7-8)15-10-4-2-9(13)3-5-10/h1-7H. The van der Waals surface area contributed by atoms with Gasteiger partial charge in [-0.05, 0) is 36.4 Å². The van der Waals surface area contributed by atoms with Gasteiger partial charge in [0.15, 0.2) is 0 Å². The van der Waals surface area contributed by atoms with Gasteiger partial charge in [0.2, 0.25) is 0 Å². The average Bonchev–Trinajstić information content (AvgIpc) is 2.25. The van der Waals surface area contributed by atoms with E-state index in [1.165, 1.54) is 23.9 Å². The summed E-state index contributed by atoms with van der Waals surface area (Å²) in [5.74, 6) is -0.233. The van der Waals surface area contributed by atoms with Gasteiger partial charge < -0.3 is 0 Å². The van der Waals surface area contributed by atoms with Crippen molar-refractivity contribution in [1.82, 2.24) is 4.98 Å². The molecule has 0 saturated carbocycles. The Balaban J connectivity index is 2.15. The van der Waals surface area contributed by atoms with Crippen LogP contribution < -0.4 is 0 Å². The van der Waals surface area contributed by atoms with Gasteiger partial charge in [0.05, 0.1) is 5.02 Å². The zero-order valence-electron chi connectivity index (χ0n) is 7.65. The summed E-state index contributed by atoms with van der Waals surface area (Å²) in [6, 6.07) is 9.90. The van der Waals surface area contributed by atoms with E-state index in [0.29, 0.717) is 5.02 Å². The maximum absolute atomic E-state index is 12.6. The average molecular weight is 240 g/mol. The second-order valence-corrected chi connectivity index (χ2v) is 4.40. The van der Waals surface area contributed by atoms with Crippen molar-refractivity contribution in [3.8, 4) is 0 Å². The number of nitrogens with zero attached hydrogens (tertiary/aromatic N) is 1. The fraction of sp³-hybridized carbons (Fsp3) is 0. The van der Waals surface area contributed by atoms with Crippen LogP contribution in [0.15, 0.2) is 52.5 Å². The van der Waals surface area contributed by atoms with Crippen LogP contribution in [0.25, 0.3) is 0 Å². The summed E-state index contributed by atoms with van der Waals surface area (Å²) in [6.07, 6.45) is 1.59. The molecular weight excluding hydrogens is 233 g/mol. The Labute approximate surface area is 96.3 Å². The quantitative estimate of drug-likeness (QED) is 0.785. The van der Waals surface area contributed by atoms with Crippen molar-refractivity contribution in [3.63, 3.8) is 0 Å². The Morgan fingerprint density at radius 1 is 1.07 bits per heavy atom. The van der Waals surface area contributed by atoms with Crippen LogP contribution in [0.4, 0.5) is 4.39 Å². The molecule has 0 unspecified atom stereocenters. The van der Waals surface area contributed by atoms with Crippen LogP contribution in [0.3, 0.4) is 0 Å². The summed E-state index contributed by atoms with van der Waals surface area (Å²) in [5.41, 5.74) is 0. The summed E-state index contributed by atoms with van der Waals surface area (Å²) in [7, 11) is 0. The van der Waals surface area contributed by atoms with Gasteiger partial charge in [-0.15, -0.1) is 0 Å². The molecule has 1 heterocycles. The van der Waals surface area contributed by atoms with E-state index >= 15 is 0 Å². The third kappa shape index (κ3) is 2.94. The Morgan fingerprint density at radius 2 is 1.80 bits per heavy atom. The Bertz CT molecular complexity index is 398. The minimum atomic E-state index is -0.233. The lowest BCUT2D eigenvalue weighted by molar-refractivity contribution is 0.626. The monoisotopic (exact) mass is 239 g/mol. The minimum absolute atomic E-state index is 0.233. The molecule has 2 aromatic rings. The van der Waals surface area contributed by atoms with Gasteiger partial charge in [-0.1, -0.05) is 23.4 Å². The second-order valence-electron chi connectivity index (χ2n) is 2.87. The number of hydrogen-bond donors (Lipinski definition) is 0. The molecule has 76 valence electrons. The van der Waals surface area contributed by atoms with Crippen molar-refractivity contribution >= 4 is 23.4 Å². The predicted molar refractivity (Wildman–Crippen MR) is 59.8 cm³/mol. The molecule has 1 nitrogen and oxygen atoms in total. The van der Waals surface area contributed by atoms with Gasteiger partial charge in [0.1, 0.15) is 10.8 Å². The first-order valence-corrected chi connectivity index (χ1v) is 5.48. The van der Waals surface area contributed by atoms with E-state index < -0.39 is 0 Å². The van der Waals surface area contributed by atoms with E-state index in [4.69, 9.17) is 11.6 Å². The van der Waals surface area contributed by atoms with Gasteiger partial charge in [-0.2, -0.15) is 0 Å². The molecule has 0 N–H and O–H groups in total. The van der Waals surface area contributed by atoms with Crippen LogP contribution in [0.2, 0.25) is 5.02 Å². The van der Waals surface area contributed by atoms with Crippen molar-refractivity contribution in [1.29, 1.82) is 0 Å². The first-order chi connectivity index (χ1) is 7.24. The summed E-state index contributed by atoms with van der Waals surface area (Å²) in [6.45, 7) is 0. The Kier molecular flexibility index (Phi) is 3.23. The Morgan fingerprint density at radius 3 is 2.40 bits per heavy atom. The molecule has 1 aromatic carbocycles. The molecule has 0 atom stereocenters. The number of aromatic nitrogens is 1. The largest absolute Gasteiger partial charge is 0.248 e. The molecule has 0 radical (unpaired) electrons. The third-order valence-electron chi connectivity index (χ3n) is 1.74. The highest BCUT2D eigenvalue weighted by atomic mass is 35.5. The smallest absolute Gasteiger partial charge is 0.123 e. The summed E-state index contributed by atoms with van der Waals surface area (Å²) in [5, 5.41) is 1.45. The van der Waals surface area contributed by atoms with E-state index in [1.54, 1.807) is 24.4 Å². The summed E-state index contributed by atoms with van der Waals surface area (Å²) < 4.78 is 12.6. The van der Waals surface area contributed by atoms with Gasteiger partial charge in [-0.25, -0.2) is 9.37 Å². The lowest BCUT2D eigenvalue weighted by Crippen LogP contribution is -1.79. The van der Waals surface area contributed by atoms with Crippen LogP contribution in [0.5, 0.6) is 0 Å². The molecular formula is C11H7ClFNS. The minimum Gasteiger partial charge on any atom is -0.248 e. The molecule has 0 saturated heterocycles. The predicted octanol–water partition coefficient (Wildman–Crippen LogP) is 4.03. The van der Waals surface area contributed by atoms with E-state index in [-0.39, 0.29) is 5.82 Å². The lowest BCUT2D eigenvalue weighted by Gasteiger charge is -2.00. The molecule has 1 aromatic heterocycles. The normalized spacial score (nSPS) is 10.3. The molecule has 0 aliphatic rings. The number of halogens is 2.